The van der Waals surface area contributed by atoms with Gasteiger partial charge in [-0.15, -0.1) is 0 Å². The maximum absolute atomic E-state index is 12.4. The molecule has 0 radical (unpaired) electrons. The van der Waals surface area contributed by atoms with Crippen molar-refractivity contribution in [2.24, 2.45) is 0 Å². The van der Waals surface area contributed by atoms with Crippen LogP contribution < -0.4 is 9.64 Å². The van der Waals surface area contributed by atoms with Crippen LogP contribution in [0.15, 0.2) is 67.3 Å². The van der Waals surface area contributed by atoms with Gasteiger partial charge in [0, 0.05) is 44.6 Å². The number of para-hydroxylation sites is 1. The van der Waals surface area contributed by atoms with E-state index < -0.39 is 0 Å². The second-order valence-corrected chi connectivity index (χ2v) is 6.29. The molecule has 1 aliphatic heterocycles. The number of rotatable bonds is 5. The van der Waals surface area contributed by atoms with Crippen LogP contribution in [0.25, 0.3) is 5.82 Å². The smallest absolute Gasteiger partial charge is 0.260 e. The van der Waals surface area contributed by atoms with Crippen molar-refractivity contribution in [1.29, 1.82) is 0 Å². The highest BCUT2D eigenvalue weighted by atomic mass is 16.5. The zero-order valence-corrected chi connectivity index (χ0v) is 14.9. The molecule has 0 spiro atoms. The Morgan fingerprint density at radius 3 is 2.37 bits per heavy atom. The molecular weight excluding hydrogens is 342 g/mol. The number of carbonyl (C=O) groups excluding carboxylic acids is 1. The third kappa shape index (κ3) is 4.08. The summed E-state index contributed by atoms with van der Waals surface area (Å²) in [6, 6.07) is 15.3. The van der Waals surface area contributed by atoms with Crippen LogP contribution in [0.2, 0.25) is 0 Å². The van der Waals surface area contributed by atoms with E-state index in [4.69, 9.17) is 4.74 Å². The summed E-state index contributed by atoms with van der Waals surface area (Å²) in [6.07, 6.45) is 5.49. The van der Waals surface area contributed by atoms with Crippen molar-refractivity contribution in [2.45, 2.75) is 0 Å². The monoisotopic (exact) mass is 363 g/mol. The summed E-state index contributed by atoms with van der Waals surface area (Å²) >= 11 is 0. The Morgan fingerprint density at radius 1 is 0.926 bits per heavy atom. The van der Waals surface area contributed by atoms with Crippen molar-refractivity contribution < 1.29 is 9.53 Å². The van der Waals surface area contributed by atoms with Crippen LogP contribution in [0.5, 0.6) is 5.75 Å². The van der Waals surface area contributed by atoms with E-state index in [1.807, 2.05) is 70.4 Å². The molecule has 138 valence electrons. The molecule has 0 atom stereocenters. The van der Waals surface area contributed by atoms with Crippen molar-refractivity contribution in [3.63, 3.8) is 0 Å². The lowest BCUT2D eigenvalue weighted by Crippen LogP contribution is -2.50. The molecular formula is C20H21N5O2. The predicted octanol–water partition coefficient (Wildman–Crippen LogP) is 1.99. The molecule has 1 fully saturated rings. The standard InChI is InChI=1S/C20H21N5O2/c26-20(15-27-17-6-2-1-3-7-17)25-12-10-24(11-13-25)19-14-18(21-16-22-19)23-8-4-5-9-23/h1-9,14,16H,10-13,15H2. The minimum Gasteiger partial charge on any atom is -0.484 e. The molecule has 2 aromatic heterocycles. The number of benzene rings is 1. The van der Waals surface area contributed by atoms with E-state index in [9.17, 15) is 4.79 Å². The SMILES string of the molecule is O=C(COc1ccccc1)N1CCN(c2cc(-n3cccc3)ncn2)CC1. The molecule has 0 N–H and O–H groups in total. The number of ether oxygens (including phenoxy) is 1. The maximum atomic E-state index is 12.4. The van der Waals surface area contributed by atoms with Gasteiger partial charge in [-0.2, -0.15) is 0 Å². The lowest BCUT2D eigenvalue weighted by Gasteiger charge is -2.35. The molecule has 0 unspecified atom stereocenters. The largest absolute Gasteiger partial charge is 0.484 e. The number of carbonyl (C=O) groups is 1. The zero-order valence-electron chi connectivity index (χ0n) is 14.9. The van der Waals surface area contributed by atoms with E-state index in [0.717, 1.165) is 24.7 Å². The van der Waals surface area contributed by atoms with Gasteiger partial charge in [0.1, 0.15) is 23.7 Å². The maximum Gasteiger partial charge on any atom is 0.260 e. The minimum absolute atomic E-state index is 0.00854. The molecule has 0 aliphatic carbocycles. The number of hydrogen-bond acceptors (Lipinski definition) is 5. The minimum atomic E-state index is 0.00854. The summed E-state index contributed by atoms with van der Waals surface area (Å²) in [5.41, 5.74) is 0. The van der Waals surface area contributed by atoms with E-state index in [0.29, 0.717) is 18.8 Å². The lowest BCUT2D eigenvalue weighted by molar-refractivity contribution is -0.133. The van der Waals surface area contributed by atoms with Crippen LogP contribution in [0.4, 0.5) is 5.82 Å². The Kier molecular flexibility index (Phi) is 5.00. The Labute approximate surface area is 157 Å². The van der Waals surface area contributed by atoms with Gasteiger partial charge >= 0.3 is 0 Å². The molecule has 3 aromatic rings. The molecule has 1 saturated heterocycles. The highest BCUT2D eigenvalue weighted by Crippen LogP contribution is 2.16. The van der Waals surface area contributed by atoms with Crippen molar-refractivity contribution >= 4 is 11.7 Å². The topological polar surface area (TPSA) is 63.5 Å². The van der Waals surface area contributed by atoms with Crippen molar-refractivity contribution in [3.8, 4) is 11.6 Å². The normalized spacial score (nSPS) is 14.2. The van der Waals surface area contributed by atoms with Crippen molar-refractivity contribution in [1.82, 2.24) is 19.4 Å². The zero-order chi connectivity index (χ0) is 18.5. The van der Waals surface area contributed by atoms with Gasteiger partial charge < -0.3 is 19.1 Å². The lowest BCUT2D eigenvalue weighted by atomic mass is 10.3. The molecule has 4 rings (SSSR count). The van der Waals surface area contributed by atoms with Gasteiger partial charge in [0.15, 0.2) is 6.61 Å². The third-order valence-electron chi connectivity index (χ3n) is 4.57. The summed E-state index contributed by atoms with van der Waals surface area (Å²) in [6.45, 7) is 2.84. The van der Waals surface area contributed by atoms with Gasteiger partial charge in [-0.05, 0) is 24.3 Å². The predicted molar refractivity (Wildman–Crippen MR) is 102 cm³/mol. The number of amides is 1. The fourth-order valence-electron chi connectivity index (χ4n) is 3.08. The van der Waals surface area contributed by atoms with Gasteiger partial charge in [-0.1, -0.05) is 18.2 Å². The van der Waals surface area contributed by atoms with Crippen LogP contribution in [-0.4, -0.2) is 58.1 Å². The average molecular weight is 363 g/mol. The fraction of sp³-hybridized carbons (Fsp3) is 0.250. The molecule has 1 aliphatic rings. The molecule has 3 heterocycles. The van der Waals surface area contributed by atoms with Crippen molar-refractivity contribution in [3.05, 3.63) is 67.3 Å². The van der Waals surface area contributed by atoms with Gasteiger partial charge in [-0.3, -0.25) is 4.79 Å². The average Bonchev–Trinajstić information content (AvgIpc) is 3.28. The van der Waals surface area contributed by atoms with E-state index in [1.54, 1.807) is 6.33 Å². The van der Waals surface area contributed by atoms with Gasteiger partial charge in [0.25, 0.3) is 5.91 Å². The first-order valence-corrected chi connectivity index (χ1v) is 8.95. The second kappa shape index (κ2) is 7.90. The molecule has 0 bridgehead atoms. The third-order valence-corrected chi connectivity index (χ3v) is 4.57. The van der Waals surface area contributed by atoms with E-state index >= 15 is 0 Å². The van der Waals surface area contributed by atoms with Crippen LogP contribution in [0.1, 0.15) is 0 Å². The Balaban J connectivity index is 1.32. The number of piperazine rings is 1. The van der Waals surface area contributed by atoms with E-state index in [2.05, 4.69) is 14.9 Å². The van der Waals surface area contributed by atoms with Crippen LogP contribution in [0, 0.1) is 0 Å². The quantitative estimate of drug-likeness (QED) is 0.694. The van der Waals surface area contributed by atoms with Crippen LogP contribution in [-0.2, 0) is 4.79 Å². The summed E-state index contributed by atoms with van der Waals surface area (Å²) in [4.78, 5) is 25.1. The van der Waals surface area contributed by atoms with Crippen molar-refractivity contribution in [2.75, 3.05) is 37.7 Å². The molecule has 27 heavy (non-hydrogen) atoms. The first kappa shape index (κ1) is 17.1. The Hall–Kier alpha value is -3.35. The van der Waals surface area contributed by atoms with E-state index in [-0.39, 0.29) is 12.5 Å². The Morgan fingerprint density at radius 2 is 1.63 bits per heavy atom. The van der Waals surface area contributed by atoms with E-state index in [1.165, 1.54) is 0 Å². The van der Waals surface area contributed by atoms with Gasteiger partial charge in [0.05, 0.1) is 0 Å². The molecule has 7 nitrogen and oxygen atoms in total. The Bertz CT molecular complexity index is 874. The second-order valence-electron chi connectivity index (χ2n) is 6.29. The summed E-state index contributed by atoms with van der Waals surface area (Å²) in [7, 11) is 0. The first-order valence-electron chi connectivity index (χ1n) is 8.95. The number of aromatic nitrogens is 3. The molecule has 1 amide bonds. The number of nitrogens with zero attached hydrogens (tertiary/aromatic N) is 5. The highest BCUT2D eigenvalue weighted by Gasteiger charge is 2.22. The number of hydrogen-bond donors (Lipinski definition) is 0. The molecule has 1 aromatic carbocycles. The molecule has 7 heteroatoms. The van der Waals surface area contributed by atoms with Crippen LogP contribution >= 0.6 is 0 Å². The fourth-order valence-corrected chi connectivity index (χ4v) is 3.08. The first-order chi connectivity index (χ1) is 13.3. The van der Waals surface area contributed by atoms with Crippen LogP contribution in [0.3, 0.4) is 0 Å². The van der Waals surface area contributed by atoms with Gasteiger partial charge in [-0.25, -0.2) is 9.97 Å². The number of anilines is 1. The summed E-state index contributed by atoms with van der Waals surface area (Å²) < 4.78 is 7.51. The summed E-state index contributed by atoms with van der Waals surface area (Å²) in [5.74, 6) is 2.43. The molecule has 0 saturated carbocycles. The van der Waals surface area contributed by atoms with Gasteiger partial charge in [0.2, 0.25) is 0 Å². The highest BCUT2D eigenvalue weighted by molar-refractivity contribution is 5.78. The summed E-state index contributed by atoms with van der Waals surface area (Å²) in [5, 5.41) is 0.